The largest absolute Gasteiger partial charge is 0.457 e. The van der Waals surface area contributed by atoms with E-state index in [1.165, 1.54) is 23.4 Å². The molecule has 0 aliphatic carbocycles. The summed E-state index contributed by atoms with van der Waals surface area (Å²) in [7, 11) is 0. The molecule has 1 saturated heterocycles. The fourth-order valence-corrected chi connectivity index (χ4v) is 4.35. The number of aromatic nitrogens is 3. The standard InChI is InChI=1S/C18H17N5OS/c1-3-12(15-11-19-22-20-15)9-13(4-1)24-14-6-7-16-17(10-14)25-21-18-5-2-8-23(16)18/h1,3-4,6-7,9-11,18,21H,2,5,8H2,(H,19,20,22). The number of anilines is 1. The number of ether oxygens (including phenoxy) is 1. The van der Waals surface area contributed by atoms with E-state index in [0.717, 1.165) is 29.3 Å². The molecule has 25 heavy (non-hydrogen) atoms. The lowest BCUT2D eigenvalue weighted by Gasteiger charge is -2.33. The Morgan fingerprint density at radius 2 is 2.12 bits per heavy atom. The zero-order chi connectivity index (χ0) is 16.6. The van der Waals surface area contributed by atoms with Crippen molar-refractivity contribution >= 4 is 17.6 Å². The fourth-order valence-electron chi connectivity index (χ4n) is 3.38. The molecule has 2 N–H and O–H groups in total. The highest BCUT2D eigenvalue weighted by atomic mass is 32.2. The van der Waals surface area contributed by atoms with Crippen LogP contribution < -0.4 is 14.4 Å². The zero-order valence-corrected chi connectivity index (χ0v) is 14.3. The van der Waals surface area contributed by atoms with Crippen LogP contribution in [0.25, 0.3) is 11.3 Å². The van der Waals surface area contributed by atoms with Gasteiger partial charge in [0.05, 0.1) is 18.1 Å². The summed E-state index contributed by atoms with van der Waals surface area (Å²) in [6, 6.07) is 14.2. The Morgan fingerprint density at radius 3 is 3.04 bits per heavy atom. The molecule has 1 aromatic heterocycles. The van der Waals surface area contributed by atoms with Crippen LogP contribution in [0.5, 0.6) is 11.5 Å². The predicted molar refractivity (Wildman–Crippen MR) is 97.7 cm³/mol. The van der Waals surface area contributed by atoms with Crippen LogP contribution in [0, 0.1) is 0 Å². The molecule has 126 valence electrons. The van der Waals surface area contributed by atoms with Crippen LogP contribution in [0.15, 0.2) is 53.6 Å². The summed E-state index contributed by atoms with van der Waals surface area (Å²) < 4.78 is 9.60. The van der Waals surface area contributed by atoms with E-state index >= 15 is 0 Å². The topological polar surface area (TPSA) is 66.1 Å². The zero-order valence-electron chi connectivity index (χ0n) is 13.5. The number of hydrogen-bond acceptors (Lipinski definition) is 6. The fraction of sp³-hybridized carbons (Fsp3) is 0.222. The second-order valence-electron chi connectivity index (χ2n) is 6.19. The molecule has 0 amide bonds. The van der Waals surface area contributed by atoms with Gasteiger partial charge in [-0.15, -0.1) is 0 Å². The minimum atomic E-state index is 0.461. The number of benzene rings is 2. The molecule has 3 heterocycles. The summed E-state index contributed by atoms with van der Waals surface area (Å²) in [5, 5.41) is 10.6. The van der Waals surface area contributed by atoms with Crippen LogP contribution in [-0.2, 0) is 0 Å². The number of fused-ring (bicyclic) bond motifs is 3. The van der Waals surface area contributed by atoms with Gasteiger partial charge in [-0.25, -0.2) is 4.72 Å². The van der Waals surface area contributed by atoms with E-state index in [4.69, 9.17) is 4.74 Å². The first-order valence-corrected chi connectivity index (χ1v) is 9.16. The highest BCUT2D eigenvalue weighted by Gasteiger charge is 2.30. The normalized spacial score (nSPS) is 18.7. The average molecular weight is 351 g/mol. The second-order valence-corrected chi connectivity index (χ2v) is 7.07. The predicted octanol–water partition coefficient (Wildman–Crippen LogP) is 3.80. The quantitative estimate of drug-likeness (QED) is 0.700. The van der Waals surface area contributed by atoms with E-state index in [2.05, 4.69) is 37.2 Å². The van der Waals surface area contributed by atoms with E-state index in [-0.39, 0.29) is 0 Å². The van der Waals surface area contributed by atoms with Gasteiger partial charge >= 0.3 is 0 Å². The average Bonchev–Trinajstić information content (AvgIpc) is 3.33. The summed E-state index contributed by atoms with van der Waals surface area (Å²) in [4.78, 5) is 3.66. The van der Waals surface area contributed by atoms with Crippen molar-refractivity contribution in [1.82, 2.24) is 20.1 Å². The molecule has 0 saturated carbocycles. The molecular formula is C18H17N5OS. The number of nitrogens with one attached hydrogen (secondary N) is 2. The van der Waals surface area contributed by atoms with Crippen molar-refractivity contribution in [3.8, 4) is 22.8 Å². The van der Waals surface area contributed by atoms with Crippen molar-refractivity contribution in [1.29, 1.82) is 0 Å². The van der Waals surface area contributed by atoms with Crippen LogP contribution in [0.4, 0.5) is 5.69 Å². The van der Waals surface area contributed by atoms with Crippen molar-refractivity contribution in [2.24, 2.45) is 0 Å². The van der Waals surface area contributed by atoms with Gasteiger partial charge in [0.2, 0.25) is 0 Å². The van der Waals surface area contributed by atoms with Gasteiger partial charge in [0.15, 0.2) is 0 Å². The number of rotatable bonds is 3. The van der Waals surface area contributed by atoms with Gasteiger partial charge < -0.3 is 9.64 Å². The third kappa shape index (κ3) is 2.75. The van der Waals surface area contributed by atoms with Crippen molar-refractivity contribution in [3.05, 3.63) is 48.7 Å². The molecule has 1 fully saturated rings. The molecule has 0 spiro atoms. The van der Waals surface area contributed by atoms with Gasteiger partial charge in [-0.3, -0.25) is 0 Å². The lowest BCUT2D eigenvalue weighted by Crippen LogP contribution is -2.41. The van der Waals surface area contributed by atoms with E-state index < -0.39 is 0 Å². The highest BCUT2D eigenvalue weighted by molar-refractivity contribution is 7.97. The Kier molecular flexibility index (Phi) is 3.61. The lowest BCUT2D eigenvalue weighted by molar-refractivity contribution is 0.481. The SMILES string of the molecule is c1cc(Oc2ccc3c(c2)SNC2CCCN32)cc(-c2cn[nH]n2)c1. The Bertz CT molecular complexity index is 898. The Morgan fingerprint density at radius 1 is 1.16 bits per heavy atom. The van der Waals surface area contributed by atoms with Gasteiger partial charge in [0, 0.05) is 17.0 Å². The first-order chi connectivity index (χ1) is 12.4. The molecule has 3 aromatic rings. The highest BCUT2D eigenvalue weighted by Crippen LogP contribution is 2.41. The van der Waals surface area contributed by atoms with Crippen molar-refractivity contribution in [3.63, 3.8) is 0 Å². The summed E-state index contributed by atoms with van der Waals surface area (Å²) in [6.07, 6.45) is 4.61. The van der Waals surface area contributed by atoms with E-state index in [0.29, 0.717) is 6.17 Å². The second kappa shape index (κ2) is 6.09. The van der Waals surface area contributed by atoms with Crippen LogP contribution >= 0.6 is 11.9 Å². The summed E-state index contributed by atoms with van der Waals surface area (Å²) in [5.41, 5.74) is 3.07. The number of aromatic amines is 1. The minimum absolute atomic E-state index is 0.461. The smallest absolute Gasteiger partial charge is 0.128 e. The number of nitrogens with zero attached hydrogens (tertiary/aromatic N) is 3. The van der Waals surface area contributed by atoms with E-state index in [1.54, 1.807) is 18.1 Å². The molecule has 7 heteroatoms. The molecule has 2 aliphatic heterocycles. The Hall–Kier alpha value is -2.51. The van der Waals surface area contributed by atoms with Gasteiger partial charge in [0.25, 0.3) is 0 Å². The Labute approximate surface area is 149 Å². The van der Waals surface area contributed by atoms with Crippen molar-refractivity contribution in [2.75, 3.05) is 11.4 Å². The molecule has 5 rings (SSSR count). The maximum Gasteiger partial charge on any atom is 0.128 e. The maximum atomic E-state index is 6.08. The first-order valence-electron chi connectivity index (χ1n) is 8.34. The van der Waals surface area contributed by atoms with Gasteiger partial charge in [-0.05, 0) is 55.1 Å². The summed E-state index contributed by atoms with van der Waals surface area (Å²) in [5.74, 6) is 1.62. The molecule has 1 atom stereocenters. The molecule has 0 bridgehead atoms. The monoisotopic (exact) mass is 351 g/mol. The van der Waals surface area contributed by atoms with Crippen molar-refractivity contribution < 1.29 is 4.74 Å². The number of H-pyrrole nitrogens is 1. The third-order valence-corrected chi connectivity index (χ3v) is 5.52. The molecular weight excluding hydrogens is 334 g/mol. The van der Waals surface area contributed by atoms with Crippen LogP contribution in [0.1, 0.15) is 12.8 Å². The molecule has 6 nitrogen and oxygen atoms in total. The van der Waals surface area contributed by atoms with E-state index in [9.17, 15) is 0 Å². The lowest BCUT2D eigenvalue weighted by atomic mass is 10.1. The first kappa shape index (κ1) is 14.8. The molecule has 0 radical (unpaired) electrons. The summed E-state index contributed by atoms with van der Waals surface area (Å²) >= 11 is 1.70. The van der Waals surface area contributed by atoms with Crippen LogP contribution in [0.3, 0.4) is 0 Å². The Balaban J connectivity index is 1.41. The van der Waals surface area contributed by atoms with Gasteiger partial charge in [0.1, 0.15) is 17.2 Å². The third-order valence-electron chi connectivity index (χ3n) is 4.58. The molecule has 2 aromatic carbocycles. The molecule has 1 unspecified atom stereocenters. The summed E-state index contributed by atoms with van der Waals surface area (Å²) in [6.45, 7) is 1.12. The number of hydrogen-bond donors (Lipinski definition) is 2. The van der Waals surface area contributed by atoms with Crippen molar-refractivity contribution in [2.45, 2.75) is 23.9 Å². The molecule has 2 aliphatic rings. The maximum absolute atomic E-state index is 6.08. The van der Waals surface area contributed by atoms with E-state index in [1.807, 2.05) is 30.3 Å². The minimum Gasteiger partial charge on any atom is -0.457 e. The van der Waals surface area contributed by atoms with Crippen LogP contribution in [-0.4, -0.2) is 28.1 Å². The van der Waals surface area contributed by atoms with Crippen LogP contribution in [0.2, 0.25) is 0 Å². The van der Waals surface area contributed by atoms with Gasteiger partial charge in [-0.1, -0.05) is 12.1 Å². The van der Waals surface area contributed by atoms with Gasteiger partial charge in [-0.2, -0.15) is 15.4 Å².